The smallest absolute Gasteiger partial charge is 0.116 e. The van der Waals surface area contributed by atoms with Crippen molar-refractivity contribution in [3.8, 4) is 5.75 Å². The minimum atomic E-state index is 0.345. The van der Waals surface area contributed by atoms with Crippen LogP contribution >= 0.6 is 0 Å². The highest BCUT2D eigenvalue weighted by atomic mass is 16.3. The summed E-state index contributed by atoms with van der Waals surface area (Å²) in [6.07, 6.45) is 3.58. The van der Waals surface area contributed by atoms with Gasteiger partial charge in [-0.3, -0.25) is 0 Å². The SMILES string of the molecule is Cc1[nH]c2ccc(O)cc2c1C[C@H]1CCCN1. The van der Waals surface area contributed by atoms with Gasteiger partial charge in [-0.2, -0.15) is 0 Å². The highest BCUT2D eigenvalue weighted by Gasteiger charge is 2.18. The predicted molar refractivity (Wildman–Crippen MR) is 69.4 cm³/mol. The van der Waals surface area contributed by atoms with E-state index in [0.29, 0.717) is 11.8 Å². The summed E-state index contributed by atoms with van der Waals surface area (Å²) in [6, 6.07) is 6.14. The third kappa shape index (κ3) is 1.91. The largest absolute Gasteiger partial charge is 0.508 e. The van der Waals surface area contributed by atoms with Crippen LogP contribution in [0, 0.1) is 6.92 Å². The summed E-state index contributed by atoms with van der Waals surface area (Å²) < 4.78 is 0. The molecule has 3 nitrogen and oxygen atoms in total. The minimum absolute atomic E-state index is 0.345. The first-order valence-corrected chi connectivity index (χ1v) is 6.27. The van der Waals surface area contributed by atoms with E-state index in [1.165, 1.54) is 24.1 Å². The highest BCUT2D eigenvalue weighted by Crippen LogP contribution is 2.27. The molecule has 17 heavy (non-hydrogen) atoms. The fraction of sp³-hybridized carbons (Fsp3) is 0.429. The van der Waals surface area contributed by atoms with Gasteiger partial charge in [0.2, 0.25) is 0 Å². The van der Waals surface area contributed by atoms with Gasteiger partial charge in [-0.1, -0.05) is 0 Å². The van der Waals surface area contributed by atoms with E-state index in [1.807, 2.05) is 12.1 Å². The van der Waals surface area contributed by atoms with E-state index < -0.39 is 0 Å². The fourth-order valence-corrected chi connectivity index (χ4v) is 2.81. The van der Waals surface area contributed by atoms with Crippen molar-refractivity contribution in [2.75, 3.05) is 6.54 Å². The van der Waals surface area contributed by atoms with Gasteiger partial charge >= 0.3 is 0 Å². The first-order valence-electron chi connectivity index (χ1n) is 6.27. The van der Waals surface area contributed by atoms with Gasteiger partial charge < -0.3 is 15.4 Å². The zero-order chi connectivity index (χ0) is 11.8. The molecular formula is C14H18N2O. The van der Waals surface area contributed by atoms with Crippen LogP contribution in [-0.2, 0) is 6.42 Å². The van der Waals surface area contributed by atoms with Gasteiger partial charge in [0.25, 0.3) is 0 Å². The Morgan fingerprint density at radius 3 is 3.06 bits per heavy atom. The van der Waals surface area contributed by atoms with Gasteiger partial charge in [-0.05, 0) is 56.5 Å². The number of hydrogen-bond donors (Lipinski definition) is 3. The van der Waals surface area contributed by atoms with Crippen LogP contribution in [-0.4, -0.2) is 22.7 Å². The Kier molecular flexibility index (Phi) is 2.56. The molecule has 0 amide bonds. The second-order valence-corrected chi connectivity index (χ2v) is 4.96. The predicted octanol–water partition coefficient (Wildman–Crippen LogP) is 2.48. The maximum Gasteiger partial charge on any atom is 0.116 e. The molecule has 1 aromatic carbocycles. The summed E-state index contributed by atoms with van der Waals surface area (Å²) in [5.41, 5.74) is 3.68. The monoisotopic (exact) mass is 230 g/mol. The lowest BCUT2D eigenvalue weighted by Gasteiger charge is -2.10. The second kappa shape index (κ2) is 4.08. The molecule has 1 saturated heterocycles. The number of rotatable bonds is 2. The molecule has 2 heterocycles. The van der Waals surface area contributed by atoms with Gasteiger partial charge in [0.15, 0.2) is 0 Å². The molecule has 1 aromatic heterocycles. The van der Waals surface area contributed by atoms with E-state index in [-0.39, 0.29) is 0 Å². The molecule has 0 bridgehead atoms. The first-order chi connectivity index (χ1) is 8.24. The van der Waals surface area contributed by atoms with E-state index in [2.05, 4.69) is 17.2 Å². The molecule has 3 N–H and O–H groups in total. The zero-order valence-corrected chi connectivity index (χ0v) is 10.1. The Hall–Kier alpha value is -1.48. The van der Waals surface area contributed by atoms with Crippen LogP contribution in [0.15, 0.2) is 18.2 Å². The van der Waals surface area contributed by atoms with Crippen molar-refractivity contribution in [1.82, 2.24) is 10.3 Å². The van der Waals surface area contributed by atoms with Crippen LogP contribution in [0.3, 0.4) is 0 Å². The van der Waals surface area contributed by atoms with Gasteiger partial charge in [0, 0.05) is 22.6 Å². The van der Waals surface area contributed by atoms with Gasteiger partial charge in [0.05, 0.1) is 0 Å². The van der Waals surface area contributed by atoms with Gasteiger partial charge in [0.1, 0.15) is 5.75 Å². The number of phenolic OH excluding ortho intramolecular Hbond substituents is 1. The highest BCUT2D eigenvalue weighted by molar-refractivity contribution is 5.86. The molecule has 1 fully saturated rings. The summed E-state index contributed by atoms with van der Waals surface area (Å²) in [6.45, 7) is 3.25. The van der Waals surface area contributed by atoms with Crippen molar-refractivity contribution >= 4 is 10.9 Å². The topological polar surface area (TPSA) is 48.0 Å². The van der Waals surface area contributed by atoms with Crippen LogP contribution in [0.25, 0.3) is 10.9 Å². The van der Waals surface area contributed by atoms with Crippen molar-refractivity contribution in [3.63, 3.8) is 0 Å². The minimum Gasteiger partial charge on any atom is -0.508 e. The fourth-order valence-electron chi connectivity index (χ4n) is 2.81. The lowest BCUT2D eigenvalue weighted by molar-refractivity contribution is 0.476. The molecule has 2 aromatic rings. The Labute approximate surface area is 101 Å². The normalized spacial score (nSPS) is 20.2. The molecule has 0 saturated carbocycles. The number of nitrogens with one attached hydrogen (secondary N) is 2. The van der Waals surface area contributed by atoms with Gasteiger partial charge in [-0.25, -0.2) is 0 Å². The molecular weight excluding hydrogens is 212 g/mol. The van der Waals surface area contributed by atoms with Crippen LogP contribution in [0.5, 0.6) is 5.75 Å². The number of aromatic nitrogens is 1. The number of hydrogen-bond acceptors (Lipinski definition) is 2. The Bertz CT molecular complexity index is 538. The Morgan fingerprint density at radius 2 is 2.29 bits per heavy atom. The van der Waals surface area contributed by atoms with Crippen molar-refractivity contribution in [2.45, 2.75) is 32.2 Å². The molecule has 3 heteroatoms. The maximum atomic E-state index is 9.60. The van der Waals surface area contributed by atoms with Crippen molar-refractivity contribution in [2.24, 2.45) is 0 Å². The summed E-state index contributed by atoms with van der Waals surface area (Å²) in [5, 5.41) is 14.3. The number of H-pyrrole nitrogens is 1. The Balaban J connectivity index is 2.01. The number of benzene rings is 1. The molecule has 1 atom stereocenters. The van der Waals surface area contributed by atoms with Crippen LogP contribution in [0.2, 0.25) is 0 Å². The molecule has 90 valence electrons. The second-order valence-electron chi connectivity index (χ2n) is 4.96. The van der Waals surface area contributed by atoms with Crippen molar-refractivity contribution in [1.29, 1.82) is 0 Å². The van der Waals surface area contributed by atoms with Crippen molar-refractivity contribution in [3.05, 3.63) is 29.5 Å². The zero-order valence-electron chi connectivity index (χ0n) is 10.1. The summed E-state index contributed by atoms with van der Waals surface area (Å²) in [7, 11) is 0. The van der Waals surface area contributed by atoms with E-state index in [0.717, 1.165) is 23.9 Å². The summed E-state index contributed by atoms with van der Waals surface area (Å²) in [4.78, 5) is 3.39. The van der Waals surface area contributed by atoms with Crippen molar-refractivity contribution < 1.29 is 5.11 Å². The van der Waals surface area contributed by atoms with Crippen LogP contribution < -0.4 is 5.32 Å². The standard InChI is InChI=1S/C14H18N2O/c1-9-12(7-10-3-2-6-15-10)13-8-11(17)4-5-14(13)16-9/h4-5,8,10,15-17H,2-3,6-7H2,1H3/t10-/m1/s1. The molecule has 3 rings (SSSR count). The first kappa shape index (κ1) is 10.7. The molecule has 0 radical (unpaired) electrons. The lowest BCUT2D eigenvalue weighted by atomic mass is 10.0. The number of aromatic hydroxyl groups is 1. The number of aromatic amines is 1. The lowest BCUT2D eigenvalue weighted by Crippen LogP contribution is -2.23. The molecule has 1 aliphatic rings. The number of aryl methyl sites for hydroxylation is 1. The van der Waals surface area contributed by atoms with Crippen LogP contribution in [0.4, 0.5) is 0 Å². The third-order valence-corrected chi connectivity index (χ3v) is 3.72. The maximum absolute atomic E-state index is 9.60. The molecule has 0 aliphatic carbocycles. The third-order valence-electron chi connectivity index (χ3n) is 3.72. The van der Waals surface area contributed by atoms with Crippen LogP contribution in [0.1, 0.15) is 24.1 Å². The average molecular weight is 230 g/mol. The average Bonchev–Trinajstić information content (AvgIpc) is 2.90. The number of phenols is 1. The summed E-state index contributed by atoms with van der Waals surface area (Å²) >= 11 is 0. The Morgan fingerprint density at radius 1 is 1.41 bits per heavy atom. The molecule has 1 aliphatic heterocycles. The van der Waals surface area contributed by atoms with E-state index in [9.17, 15) is 5.11 Å². The molecule has 0 spiro atoms. The van der Waals surface area contributed by atoms with Gasteiger partial charge in [-0.15, -0.1) is 0 Å². The quantitative estimate of drug-likeness (QED) is 0.742. The van der Waals surface area contributed by atoms with E-state index in [4.69, 9.17) is 0 Å². The summed E-state index contributed by atoms with van der Waals surface area (Å²) in [5.74, 6) is 0.345. The van der Waals surface area contributed by atoms with E-state index >= 15 is 0 Å². The van der Waals surface area contributed by atoms with E-state index in [1.54, 1.807) is 6.07 Å². The molecule has 0 unspecified atom stereocenters. The number of fused-ring (bicyclic) bond motifs is 1.